The van der Waals surface area contributed by atoms with Crippen LogP contribution in [0.15, 0.2) is 71.9 Å². The number of nitrogens with one attached hydrogen (secondary N) is 2. The predicted octanol–water partition coefficient (Wildman–Crippen LogP) is 4.90. The highest BCUT2D eigenvalue weighted by molar-refractivity contribution is 7.89. The van der Waals surface area contributed by atoms with Crippen molar-refractivity contribution in [3.63, 3.8) is 0 Å². The van der Waals surface area contributed by atoms with Crippen molar-refractivity contribution in [1.29, 1.82) is 0 Å². The number of pyridine rings is 1. The van der Waals surface area contributed by atoms with E-state index in [2.05, 4.69) is 21.1 Å². The summed E-state index contributed by atoms with van der Waals surface area (Å²) >= 11 is 0. The molecule has 222 valence electrons. The van der Waals surface area contributed by atoms with Gasteiger partial charge in [-0.2, -0.15) is 0 Å². The predicted molar refractivity (Wildman–Crippen MR) is 164 cm³/mol. The van der Waals surface area contributed by atoms with Gasteiger partial charge in [0.1, 0.15) is 16.5 Å². The first-order valence-corrected chi connectivity index (χ1v) is 14.3. The first kappa shape index (κ1) is 36.0. The van der Waals surface area contributed by atoms with Crippen LogP contribution in [0.2, 0.25) is 0 Å². The summed E-state index contributed by atoms with van der Waals surface area (Å²) < 4.78 is 40.8. The molecule has 5 N–H and O–H groups in total. The van der Waals surface area contributed by atoms with Gasteiger partial charge < -0.3 is 16.2 Å². The van der Waals surface area contributed by atoms with Gasteiger partial charge in [-0.15, -0.1) is 37.2 Å². The third kappa shape index (κ3) is 9.83. The normalized spacial score (nSPS) is 16.9. The van der Waals surface area contributed by atoms with Crippen LogP contribution in [0.5, 0.6) is 5.75 Å². The van der Waals surface area contributed by atoms with E-state index >= 15 is 0 Å². The highest BCUT2D eigenvalue weighted by atomic mass is 35.5. The number of phenolic OH excluding ortho intramolecular Hbond substituents is 1. The number of unbranched alkanes of at least 4 members (excludes halogenated alkanes) is 1. The highest BCUT2D eigenvalue weighted by Crippen LogP contribution is 2.36. The Bertz CT molecular complexity index is 1290. The molecule has 0 aliphatic heterocycles. The zero-order valence-corrected chi connectivity index (χ0v) is 25.3. The van der Waals surface area contributed by atoms with E-state index in [1.807, 2.05) is 24.4 Å². The number of benzene rings is 2. The van der Waals surface area contributed by atoms with Crippen molar-refractivity contribution in [1.82, 2.24) is 15.0 Å². The summed E-state index contributed by atoms with van der Waals surface area (Å²) in [5.74, 6) is -0.218. The van der Waals surface area contributed by atoms with E-state index in [-0.39, 0.29) is 66.7 Å². The van der Waals surface area contributed by atoms with Gasteiger partial charge in [-0.1, -0.05) is 30.7 Å². The van der Waals surface area contributed by atoms with Gasteiger partial charge in [0, 0.05) is 43.5 Å². The summed E-state index contributed by atoms with van der Waals surface area (Å²) in [5, 5.41) is 13.6. The monoisotopic (exact) mass is 634 g/mol. The zero-order valence-electron chi connectivity index (χ0n) is 22.0. The minimum Gasteiger partial charge on any atom is -0.508 e. The van der Waals surface area contributed by atoms with Crippen LogP contribution in [0, 0.1) is 5.82 Å². The standard InChI is InChI=1S/C28H35FN4O3S.3ClH/c29-26-8-1-2-9-28(26)37(35,36)33-15-4-3-7-22(30)19-32-27-13-10-21-17-23(34)11-12-24(21)25(27)16-20-6-5-14-31-18-20;;;/h1-2,5-6,8-9,11-12,14,17-18,22,25,27,32-34H,3-4,7,10,13,15-16,19,30H2;3*1H/t22?,25-,27+;;;/m1.../s1. The summed E-state index contributed by atoms with van der Waals surface area (Å²) in [6, 6.07) is 15.2. The van der Waals surface area contributed by atoms with Gasteiger partial charge >= 0.3 is 0 Å². The molecule has 0 radical (unpaired) electrons. The number of phenols is 1. The Morgan fingerprint density at radius 3 is 2.58 bits per heavy atom. The second-order valence-electron chi connectivity index (χ2n) is 9.69. The molecule has 0 saturated heterocycles. The fourth-order valence-corrected chi connectivity index (χ4v) is 6.20. The Morgan fingerprint density at radius 2 is 1.85 bits per heavy atom. The minimum absolute atomic E-state index is 0. The number of aromatic nitrogens is 1. The first-order chi connectivity index (χ1) is 17.8. The van der Waals surface area contributed by atoms with Crippen molar-refractivity contribution in [2.45, 2.75) is 61.4 Å². The third-order valence-electron chi connectivity index (χ3n) is 6.98. The zero-order chi connectivity index (χ0) is 26.3. The van der Waals surface area contributed by atoms with Gasteiger partial charge in [0.05, 0.1) is 0 Å². The number of nitrogens with two attached hydrogens (primary N) is 1. The maximum atomic E-state index is 13.8. The smallest absolute Gasteiger partial charge is 0.243 e. The molecule has 2 aromatic carbocycles. The summed E-state index contributed by atoms with van der Waals surface area (Å²) in [5.41, 5.74) is 10.00. The van der Waals surface area contributed by atoms with Crippen LogP contribution in [0.4, 0.5) is 4.39 Å². The van der Waals surface area contributed by atoms with Crippen molar-refractivity contribution in [3.05, 3.63) is 89.5 Å². The number of rotatable bonds is 12. The van der Waals surface area contributed by atoms with Gasteiger partial charge in [-0.25, -0.2) is 17.5 Å². The van der Waals surface area contributed by atoms with Crippen LogP contribution in [0.1, 0.15) is 48.3 Å². The molecule has 3 aromatic rings. The Morgan fingerprint density at radius 1 is 1.07 bits per heavy atom. The van der Waals surface area contributed by atoms with Crippen molar-refractivity contribution in [2.75, 3.05) is 13.1 Å². The van der Waals surface area contributed by atoms with Gasteiger partial charge in [0.15, 0.2) is 0 Å². The molecule has 12 heteroatoms. The topological polar surface area (TPSA) is 117 Å². The van der Waals surface area contributed by atoms with Crippen LogP contribution in [0.25, 0.3) is 0 Å². The molecule has 4 rings (SSSR count). The SMILES string of the molecule is Cl.Cl.Cl.NC(CCCCNS(=O)(=O)c1ccccc1F)CN[C@H]1CCc2cc(O)ccc2[C@H]1Cc1cccnc1. The average Bonchev–Trinajstić information content (AvgIpc) is 2.88. The maximum absolute atomic E-state index is 13.8. The fraction of sp³-hybridized carbons (Fsp3) is 0.393. The minimum atomic E-state index is -3.86. The highest BCUT2D eigenvalue weighted by Gasteiger charge is 2.30. The average molecular weight is 636 g/mol. The molecule has 0 saturated carbocycles. The van der Waals surface area contributed by atoms with Crippen LogP contribution < -0.4 is 15.8 Å². The lowest BCUT2D eigenvalue weighted by molar-refractivity contribution is 0.366. The molecule has 0 fully saturated rings. The van der Waals surface area contributed by atoms with E-state index in [9.17, 15) is 17.9 Å². The molecule has 1 aliphatic carbocycles. The molecule has 40 heavy (non-hydrogen) atoms. The molecule has 0 spiro atoms. The lowest BCUT2D eigenvalue weighted by atomic mass is 9.76. The fourth-order valence-electron chi connectivity index (χ4n) is 5.05. The number of aryl methyl sites for hydroxylation is 1. The molecule has 3 atom stereocenters. The molecule has 0 amide bonds. The molecule has 0 bridgehead atoms. The van der Waals surface area contributed by atoms with Crippen LogP contribution in [-0.2, 0) is 22.9 Å². The number of halogens is 4. The van der Waals surface area contributed by atoms with Gasteiger partial charge in [0.2, 0.25) is 10.0 Å². The van der Waals surface area contributed by atoms with Gasteiger partial charge in [0.25, 0.3) is 0 Å². The van der Waals surface area contributed by atoms with Gasteiger partial charge in [-0.3, -0.25) is 4.98 Å². The van der Waals surface area contributed by atoms with E-state index in [1.54, 1.807) is 12.3 Å². The first-order valence-electron chi connectivity index (χ1n) is 12.8. The van der Waals surface area contributed by atoms with Crippen LogP contribution in [0.3, 0.4) is 0 Å². The van der Waals surface area contributed by atoms with Crippen molar-refractivity contribution >= 4 is 47.2 Å². The van der Waals surface area contributed by atoms with E-state index in [0.717, 1.165) is 38.2 Å². The van der Waals surface area contributed by atoms with Crippen molar-refractivity contribution in [3.8, 4) is 5.75 Å². The molecule has 1 heterocycles. The second kappa shape index (κ2) is 17.1. The maximum Gasteiger partial charge on any atom is 0.243 e. The molecular weight excluding hydrogens is 598 g/mol. The number of hydrogen-bond acceptors (Lipinski definition) is 6. The Kier molecular flexibility index (Phi) is 15.4. The second-order valence-corrected chi connectivity index (χ2v) is 11.4. The Hall–Kier alpha value is -1.98. The quantitative estimate of drug-likeness (QED) is 0.211. The van der Waals surface area contributed by atoms with E-state index in [1.165, 1.54) is 34.9 Å². The summed E-state index contributed by atoms with van der Waals surface area (Å²) in [4.78, 5) is 3.93. The number of sulfonamides is 1. The van der Waals surface area contributed by atoms with E-state index in [4.69, 9.17) is 5.73 Å². The third-order valence-corrected chi connectivity index (χ3v) is 8.47. The number of aromatic hydroxyl groups is 1. The number of fused-ring (bicyclic) bond motifs is 1. The number of nitrogens with zero attached hydrogens (tertiary/aromatic N) is 1. The molecule has 1 unspecified atom stereocenters. The molecule has 1 aromatic heterocycles. The van der Waals surface area contributed by atoms with Crippen LogP contribution in [-0.4, -0.2) is 43.7 Å². The van der Waals surface area contributed by atoms with Gasteiger partial charge in [-0.05, 0) is 79.1 Å². The molecule has 7 nitrogen and oxygen atoms in total. The van der Waals surface area contributed by atoms with Crippen molar-refractivity contribution < 1.29 is 17.9 Å². The summed E-state index contributed by atoms with van der Waals surface area (Å²) in [7, 11) is -3.86. The van der Waals surface area contributed by atoms with Crippen LogP contribution >= 0.6 is 37.2 Å². The molecule has 1 aliphatic rings. The number of hydrogen-bond donors (Lipinski definition) is 4. The largest absolute Gasteiger partial charge is 0.508 e. The lowest BCUT2D eigenvalue weighted by Crippen LogP contribution is -2.44. The Labute approximate surface area is 254 Å². The molecular formula is C28H38Cl3FN4O3S. The van der Waals surface area contributed by atoms with E-state index in [0.29, 0.717) is 18.7 Å². The van der Waals surface area contributed by atoms with E-state index < -0.39 is 15.8 Å². The summed E-state index contributed by atoms with van der Waals surface area (Å²) in [6.45, 7) is 0.888. The lowest BCUT2D eigenvalue weighted by Gasteiger charge is -2.35. The van der Waals surface area contributed by atoms with Crippen molar-refractivity contribution in [2.24, 2.45) is 5.73 Å². The Balaban J connectivity index is 0.00000267. The summed E-state index contributed by atoms with van der Waals surface area (Å²) in [6.07, 6.45) is 8.49.